The lowest BCUT2D eigenvalue weighted by molar-refractivity contribution is 0.362. The summed E-state index contributed by atoms with van der Waals surface area (Å²) in [7, 11) is 0. The van der Waals surface area contributed by atoms with Crippen LogP contribution in [0.3, 0.4) is 0 Å². The second-order valence-electron chi connectivity index (χ2n) is 8.54. The maximum Gasteiger partial charge on any atom is 0.228 e. The van der Waals surface area contributed by atoms with E-state index in [-0.39, 0.29) is 6.04 Å². The number of aromatic nitrogens is 7. The molecule has 168 valence electrons. The van der Waals surface area contributed by atoms with E-state index in [0.717, 1.165) is 48.9 Å². The summed E-state index contributed by atoms with van der Waals surface area (Å²) in [4.78, 5) is 20.4. The Morgan fingerprint density at radius 2 is 1.97 bits per heavy atom. The maximum absolute atomic E-state index is 5.71. The molecule has 2 aliphatic rings. The molecule has 1 saturated carbocycles. The van der Waals surface area contributed by atoms with Crippen LogP contribution in [-0.2, 0) is 6.42 Å². The summed E-state index contributed by atoms with van der Waals surface area (Å²) >= 11 is 0. The fourth-order valence-electron chi connectivity index (χ4n) is 4.28. The van der Waals surface area contributed by atoms with Crippen LogP contribution in [0.5, 0.6) is 0 Å². The molecule has 0 amide bonds. The molecule has 0 unspecified atom stereocenters. The Labute approximate surface area is 190 Å². The summed E-state index contributed by atoms with van der Waals surface area (Å²) in [6, 6.07) is 7.78. The molecule has 2 fully saturated rings. The lowest BCUT2D eigenvalue weighted by atomic mass is 10.1. The molecule has 0 bridgehead atoms. The predicted octanol–water partition coefficient (Wildman–Crippen LogP) is 4.17. The van der Waals surface area contributed by atoms with Gasteiger partial charge in [-0.25, -0.2) is 15.0 Å². The molecular weight excluding hydrogens is 418 g/mol. The molecule has 4 aromatic heterocycles. The zero-order valence-corrected chi connectivity index (χ0v) is 18.4. The molecule has 1 atom stereocenters. The minimum atomic E-state index is 0.0155. The first kappa shape index (κ1) is 19.8. The monoisotopic (exact) mass is 443 g/mol. The minimum absolute atomic E-state index is 0.0155. The minimum Gasteiger partial charge on any atom is -0.358 e. The average molecular weight is 444 g/mol. The van der Waals surface area contributed by atoms with Gasteiger partial charge in [0.2, 0.25) is 5.95 Å². The summed E-state index contributed by atoms with van der Waals surface area (Å²) < 4.78 is 5.71. The van der Waals surface area contributed by atoms with E-state index >= 15 is 0 Å². The van der Waals surface area contributed by atoms with Crippen molar-refractivity contribution < 1.29 is 4.52 Å². The molecule has 0 aromatic carbocycles. The number of nitrogens with zero attached hydrogens (tertiary/aromatic N) is 7. The third kappa shape index (κ3) is 4.04. The lowest BCUT2D eigenvalue weighted by Gasteiger charge is -2.23. The van der Waals surface area contributed by atoms with Crippen molar-refractivity contribution in [1.29, 1.82) is 0 Å². The highest BCUT2D eigenvalue weighted by Crippen LogP contribution is 2.40. The fourth-order valence-corrected chi connectivity index (χ4v) is 4.28. The van der Waals surface area contributed by atoms with Gasteiger partial charge < -0.3 is 14.7 Å². The largest absolute Gasteiger partial charge is 0.358 e. The van der Waals surface area contributed by atoms with Crippen LogP contribution < -0.4 is 10.2 Å². The number of aromatic amines is 1. The molecule has 0 spiro atoms. The van der Waals surface area contributed by atoms with Crippen molar-refractivity contribution in [2.75, 3.05) is 16.8 Å². The average Bonchev–Trinajstić information content (AvgIpc) is 3.23. The van der Waals surface area contributed by atoms with Gasteiger partial charge in [-0.05, 0) is 38.2 Å². The summed E-state index contributed by atoms with van der Waals surface area (Å²) in [5.41, 5.74) is 2.79. The van der Waals surface area contributed by atoms with Gasteiger partial charge in [0.1, 0.15) is 5.82 Å². The molecule has 33 heavy (non-hydrogen) atoms. The summed E-state index contributed by atoms with van der Waals surface area (Å²) in [6.07, 6.45) is 8.64. The number of aryl methyl sites for hydroxylation is 1. The van der Waals surface area contributed by atoms with E-state index in [4.69, 9.17) is 14.5 Å². The SMILES string of the molecule is CCc1cc(Nc2cc(C3CC3)[nH]n2)nc(N2CCC[C@H]2c2cc(-c3ncccn3)no2)n1. The van der Waals surface area contributed by atoms with Crippen molar-refractivity contribution in [2.24, 2.45) is 0 Å². The Hall–Kier alpha value is -3.82. The van der Waals surface area contributed by atoms with Crippen LogP contribution in [0.4, 0.5) is 17.6 Å². The zero-order chi connectivity index (χ0) is 22.2. The van der Waals surface area contributed by atoms with E-state index in [2.05, 4.69) is 48.5 Å². The first-order valence-electron chi connectivity index (χ1n) is 11.5. The quantitative estimate of drug-likeness (QED) is 0.433. The Morgan fingerprint density at radius 1 is 1.09 bits per heavy atom. The molecular formula is C23H25N9O. The lowest BCUT2D eigenvalue weighted by Crippen LogP contribution is -2.25. The molecule has 6 rings (SSSR count). The van der Waals surface area contributed by atoms with Gasteiger partial charge in [0.05, 0.1) is 6.04 Å². The maximum atomic E-state index is 5.71. The first-order valence-corrected chi connectivity index (χ1v) is 11.5. The van der Waals surface area contributed by atoms with E-state index in [9.17, 15) is 0 Å². The Morgan fingerprint density at radius 3 is 2.79 bits per heavy atom. The highest BCUT2D eigenvalue weighted by molar-refractivity contribution is 5.56. The van der Waals surface area contributed by atoms with Gasteiger partial charge in [0, 0.05) is 54.4 Å². The molecule has 1 aliphatic carbocycles. The van der Waals surface area contributed by atoms with Gasteiger partial charge in [0.25, 0.3) is 0 Å². The van der Waals surface area contributed by atoms with Crippen molar-refractivity contribution >= 4 is 17.6 Å². The topological polar surface area (TPSA) is 122 Å². The Kier molecular flexibility index (Phi) is 4.97. The molecule has 10 nitrogen and oxygen atoms in total. The van der Waals surface area contributed by atoms with Crippen molar-refractivity contribution in [3.63, 3.8) is 0 Å². The second kappa shape index (κ2) is 8.27. The molecule has 2 N–H and O–H groups in total. The van der Waals surface area contributed by atoms with Gasteiger partial charge >= 0.3 is 0 Å². The number of anilines is 3. The first-order chi connectivity index (χ1) is 16.3. The van der Waals surface area contributed by atoms with Crippen LogP contribution in [0.1, 0.15) is 61.7 Å². The van der Waals surface area contributed by atoms with E-state index in [0.29, 0.717) is 23.4 Å². The number of hydrogen-bond acceptors (Lipinski definition) is 9. The summed E-state index contributed by atoms with van der Waals surface area (Å²) in [5, 5.41) is 15.1. The smallest absolute Gasteiger partial charge is 0.228 e. The van der Waals surface area contributed by atoms with Crippen LogP contribution in [0.25, 0.3) is 11.5 Å². The van der Waals surface area contributed by atoms with Crippen LogP contribution in [0.15, 0.2) is 41.2 Å². The standard InChI is InChI=1S/C23H25N9O/c1-2-15-11-20(27-21-13-16(29-30-21)14-6-7-14)28-23(26-15)32-10-3-5-18(32)19-12-17(31-33-19)22-24-8-4-9-25-22/h4,8-9,11-14,18H,2-3,5-7,10H2,1H3,(H2,26,27,28,29,30)/t18-/m0/s1. The van der Waals surface area contributed by atoms with Gasteiger partial charge in [-0.3, -0.25) is 5.10 Å². The van der Waals surface area contributed by atoms with Crippen molar-refractivity contribution in [3.8, 4) is 11.5 Å². The van der Waals surface area contributed by atoms with Crippen LogP contribution in [0.2, 0.25) is 0 Å². The van der Waals surface area contributed by atoms with Gasteiger partial charge in [-0.15, -0.1) is 0 Å². The fraction of sp³-hybridized carbons (Fsp3) is 0.391. The molecule has 1 saturated heterocycles. The number of rotatable bonds is 7. The highest BCUT2D eigenvalue weighted by Gasteiger charge is 2.32. The van der Waals surface area contributed by atoms with Crippen LogP contribution in [-0.4, -0.2) is 41.8 Å². The molecule has 5 heterocycles. The van der Waals surface area contributed by atoms with E-state index < -0.39 is 0 Å². The molecule has 1 aliphatic heterocycles. The highest BCUT2D eigenvalue weighted by atomic mass is 16.5. The third-order valence-corrected chi connectivity index (χ3v) is 6.16. The van der Waals surface area contributed by atoms with Crippen LogP contribution in [0, 0.1) is 0 Å². The normalized spacial score (nSPS) is 18.1. The number of nitrogens with one attached hydrogen (secondary N) is 2. The zero-order valence-electron chi connectivity index (χ0n) is 18.4. The van der Waals surface area contributed by atoms with E-state index in [1.54, 1.807) is 18.5 Å². The van der Waals surface area contributed by atoms with Gasteiger partial charge in [-0.1, -0.05) is 12.1 Å². The Balaban J connectivity index is 1.27. The number of hydrogen-bond donors (Lipinski definition) is 2. The summed E-state index contributed by atoms with van der Waals surface area (Å²) in [6.45, 7) is 2.95. The van der Waals surface area contributed by atoms with Gasteiger partial charge in [0.15, 0.2) is 23.1 Å². The second-order valence-corrected chi connectivity index (χ2v) is 8.54. The predicted molar refractivity (Wildman–Crippen MR) is 122 cm³/mol. The summed E-state index contributed by atoms with van der Waals surface area (Å²) in [5.74, 6) is 4.16. The molecule has 0 radical (unpaired) electrons. The third-order valence-electron chi connectivity index (χ3n) is 6.16. The molecule has 10 heteroatoms. The van der Waals surface area contributed by atoms with Crippen molar-refractivity contribution in [3.05, 3.63) is 53.8 Å². The van der Waals surface area contributed by atoms with Gasteiger partial charge in [-0.2, -0.15) is 10.1 Å². The Bertz CT molecular complexity index is 1250. The van der Waals surface area contributed by atoms with Crippen molar-refractivity contribution in [1.82, 2.24) is 35.3 Å². The number of H-pyrrole nitrogens is 1. The molecule has 4 aromatic rings. The van der Waals surface area contributed by atoms with E-state index in [1.807, 2.05) is 12.1 Å². The van der Waals surface area contributed by atoms with Crippen LogP contribution >= 0.6 is 0 Å². The van der Waals surface area contributed by atoms with Crippen molar-refractivity contribution in [2.45, 2.75) is 51.0 Å². The van der Waals surface area contributed by atoms with E-state index in [1.165, 1.54) is 18.5 Å².